The summed E-state index contributed by atoms with van der Waals surface area (Å²) in [7, 11) is -5.02. The van der Waals surface area contributed by atoms with E-state index in [1.807, 2.05) is 0 Å². The zero-order valence-electron chi connectivity index (χ0n) is 14.4. The maximum absolute atomic E-state index is 11.3. The summed E-state index contributed by atoms with van der Waals surface area (Å²) in [6, 6.07) is 4.26. The summed E-state index contributed by atoms with van der Waals surface area (Å²) >= 11 is 0. The Labute approximate surface area is 190 Å². The molecule has 0 saturated carbocycles. The monoisotopic (exact) mass is 405 g/mol. The molecule has 126 valence electrons. The Bertz CT molecular complexity index is 984. The average molecular weight is 405 g/mol. The van der Waals surface area contributed by atoms with Crippen molar-refractivity contribution in [2.24, 2.45) is 0 Å². The Hall–Kier alpha value is 0.120. The van der Waals surface area contributed by atoms with Crippen LogP contribution < -0.4 is 68.8 Å². The minimum absolute atomic E-state index is 0. The smallest absolute Gasteiger partial charge is 0.744 e. The van der Waals surface area contributed by atoms with Crippen molar-refractivity contribution in [3.8, 4) is 5.75 Å². The molecular weight excluding hydrogens is 392 g/mol. The molecule has 25 heavy (non-hydrogen) atoms. The third kappa shape index (κ3) is 5.55. The van der Waals surface area contributed by atoms with Gasteiger partial charge in [0.25, 0.3) is 0 Å². The molecule has 0 aliphatic rings. The van der Waals surface area contributed by atoms with E-state index < -0.39 is 30.0 Å². The second kappa shape index (κ2) is 8.87. The average Bonchev–Trinajstić information content (AvgIpc) is 2.42. The molecule has 0 unspecified atom stereocenters. The zero-order chi connectivity index (χ0) is 17.6. The number of hydrogen-bond donors (Lipinski definition) is 0. The second-order valence-corrected chi connectivity index (χ2v) is 7.73. The molecule has 0 bridgehead atoms. The van der Waals surface area contributed by atoms with E-state index in [4.69, 9.17) is 4.74 Å². The number of rotatable bonds is 4. The van der Waals surface area contributed by atoms with Gasteiger partial charge in [0, 0.05) is 25.2 Å². The molecule has 0 saturated heterocycles. The molecule has 0 aliphatic carbocycles. The zero-order valence-corrected chi connectivity index (χ0v) is 20.1. The maximum atomic E-state index is 11.3. The van der Waals surface area contributed by atoms with E-state index in [-0.39, 0.29) is 70.3 Å². The predicted octanol–water partition coefficient (Wildman–Crippen LogP) is -5.27. The van der Waals surface area contributed by atoms with Crippen LogP contribution >= 0.6 is 0 Å². The summed E-state index contributed by atoms with van der Waals surface area (Å²) in [4.78, 5) is 0.438. The van der Waals surface area contributed by atoms with Crippen LogP contribution in [-0.2, 0) is 20.2 Å². The molecule has 0 radical (unpaired) electrons. The van der Waals surface area contributed by atoms with Crippen molar-refractivity contribution in [2.75, 3.05) is 26.1 Å². The summed E-state index contributed by atoms with van der Waals surface area (Å²) < 4.78 is 72.8. The van der Waals surface area contributed by atoms with Gasteiger partial charge in [-0.25, -0.2) is 16.8 Å². The molecule has 2 rings (SSSR count). The molecule has 0 amide bonds. The van der Waals surface area contributed by atoms with Crippen molar-refractivity contribution in [1.29, 1.82) is 0 Å². The van der Waals surface area contributed by atoms with Crippen molar-refractivity contribution < 1.29 is 89.8 Å². The van der Waals surface area contributed by atoms with Crippen molar-refractivity contribution in [3.63, 3.8) is 0 Å². The first-order valence-corrected chi connectivity index (χ1v) is 9.01. The fourth-order valence-corrected chi connectivity index (χ4v) is 3.25. The summed E-state index contributed by atoms with van der Waals surface area (Å²) in [5, 5.41) is 0.483. The summed E-state index contributed by atoms with van der Waals surface area (Å²) in [6.45, 7) is 0. The van der Waals surface area contributed by atoms with E-state index in [1.165, 1.54) is 13.2 Å². The molecule has 12 heteroatoms. The molecule has 0 atom stereocenters. The SMILES string of the molecule is COc1cc(S(=O)(=O)[O-])cc2cc(S(=O)(=O)[O-])cc(N(C)C)c12.[Na+].[Na+]. The van der Waals surface area contributed by atoms with Gasteiger partial charge in [-0.2, -0.15) is 0 Å². The minimum atomic E-state index is -4.78. The Morgan fingerprint density at radius 1 is 0.880 bits per heavy atom. The number of nitrogens with zero attached hydrogens (tertiary/aromatic N) is 1. The Morgan fingerprint density at radius 2 is 1.32 bits per heavy atom. The van der Waals surface area contributed by atoms with Crippen molar-refractivity contribution in [3.05, 3.63) is 24.3 Å². The van der Waals surface area contributed by atoms with Gasteiger partial charge in [0.05, 0.1) is 16.9 Å². The van der Waals surface area contributed by atoms with Gasteiger partial charge >= 0.3 is 59.1 Å². The topological polar surface area (TPSA) is 127 Å². The van der Waals surface area contributed by atoms with Gasteiger partial charge in [-0.15, -0.1) is 0 Å². The molecule has 0 heterocycles. The fraction of sp³-hybridized carbons (Fsp3) is 0.231. The van der Waals surface area contributed by atoms with Crippen LogP contribution in [0.25, 0.3) is 10.8 Å². The molecule has 8 nitrogen and oxygen atoms in total. The van der Waals surface area contributed by atoms with Crippen LogP contribution in [0.3, 0.4) is 0 Å². The van der Waals surface area contributed by atoms with E-state index in [0.717, 1.165) is 18.2 Å². The van der Waals surface area contributed by atoms with Gasteiger partial charge in [-0.1, -0.05) is 0 Å². The van der Waals surface area contributed by atoms with E-state index in [1.54, 1.807) is 19.0 Å². The van der Waals surface area contributed by atoms with Gasteiger partial charge in [0.15, 0.2) is 0 Å². The largest absolute Gasteiger partial charge is 1.00 e. The molecule has 0 fully saturated rings. The van der Waals surface area contributed by atoms with E-state index in [0.29, 0.717) is 11.1 Å². The van der Waals surface area contributed by atoms with Gasteiger partial charge < -0.3 is 18.7 Å². The summed E-state index contributed by atoms with van der Waals surface area (Å²) in [6.07, 6.45) is 0. The van der Waals surface area contributed by atoms with E-state index in [9.17, 15) is 25.9 Å². The van der Waals surface area contributed by atoms with Crippen molar-refractivity contribution >= 4 is 36.7 Å². The van der Waals surface area contributed by atoms with Crippen LogP contribution in [0.1, 0.15) is 0 Å². The van der Waals surface area contributed by atoms with Crippen molar-refractivity contribution in [1.82, 2.24) is 0 Å². The maximum Gasteiger partial charge on any atom is 1.00 e. The number of anilines is 1. The Kier molecular flexibility index (Phi) is 8.92. The first-order valence-electron chi connectivity index (χ1n) is 6.20. The van der Waals surface area contributed by atoms with Crippen LogP contribution in [0.15, 0.2) is 34.1 Å². The molecule has 0 spiro atoms. The molecule has 0 aliphatic heterocycles. The number of benzene rings is 2. The van der Waals surface area contributed by atoms with Gasteiger partial charge in [-0.3, -0.25) is 0 Å². The van der Waals surface area contributed by atoms with E-state index in [2.05, 4.69) is 0 Å². The van der Waals surface area contributed by atoms with Crippen molar-refractivity contribution in [2.45, 2.75) is 9.79 Å². The number of methoxy groups -OCH3 is 1. The van der Waals surface area contributed by atoms with Crippen LogP contribution in [0.5, 0.6) is 5.75 Å². The Balaban J connectivity index is 0.00000288. The third-order valence-corrected chi connectivity index (χ3v) is 4.84. The molecular formula is C13H13NNa2O7S2. The first kappa shape index (κ1) is 25.1. The van der Waals surface area contributed by atoms with Crippen LogP contribution in [0.2, 0.25) is 0 Å². The second-order valence-electron chi connectivity index (χ2n) is 4.97. The molecule has 2 aromatic carbocycles. The molecule has 0 N–H and O–H groups in total. The minimum Gasteiger partial charge on any atom is -0.744 e. The normalized spacial score (nSPS) is 11.4. The number of hydrogen-bond acceptors (Lipinski definition) is 8. The fourth-order valence-electron chi connectivity index (χ4n) is 2.20. The third-order valence-electron chi connectivity index (χ3n) is 3.22. The molecule has 0 aromatic heterocycles. The quantitative estimate of drug-likeness (QED) is 0.365. The molecule has 2 aromatic rings. The van der Waals surface area contributed by atoms with Gasteiger partial charge in [-0.05, 0) is 29.7 Å². The van der Waals surface area contributed by atoms with Gasteiger partial charge in [0.2, 0.25) is 0 Å². The standard InChI is InChI=1S/C13H15NO7S2.2Na/c1-14(2)11-6-9(22(15,16)17)4-8-5-10(23(18,19)20)7-12(21-3)13(8)11;;/h4-7H,1-3H3,(H,15,16,17)(H,18,19,20);;/q;2*+1/p-2. The first-order chi connectivity index (χ1) is 10.4. The summed E-state index contributed by atoms with van der Waals surface area (Å²) in [5.74, 6) is 0.0791. The number of ether oxygens (including phenoxy) is 1. The van der Waals surface area contributed by atoms with E-state index >= 15 is 0 Å². The Morgan fingerprint density at radius 3 is 1.68 bits per heavy atom. The summed E-state index contributed by atoms with van der Waals surface area (Å²) in [5.41, 5.74) is 0.337. The van der Waals surface area contributed by atoms with Gasteiger partial charge in [0.1, 0.15) is 26.0 Å². The predicted molar refractivity (Wildman–Crippen MR) is 80.8 cm³/mol. The number of fused-ring (bicyclic) bond motifs is 1. The van der Waals surface area contributed by atoms with Crippen LogP contribution in [-0.4, -0.2) is 47.1 Å². The van der Waals surface area contributed by atoms with Crippen LogP contribution in [0.4, 0.5) is 5.69 Å². The van der Waals surface area contributed by atoms with Crippen LogP contribution in [0, 0.1) is 0 Å².